The largest absolute Gasteiger partial charge is 0.354 e. The molecule has 0 saturated carbocycles. The SMILES string of the molecule is CCCCN=C(NN)NCCN1CCCCC1. The number of likely N-dealkylation sites (tertiary alicyclic amines) is 1. The van der Waals surface area contributed by atoms with Crippen LogP contribution in [0.2, 0.25) is 0 Å². The number of hydrazine groups is 1. The molecule has 0 bridgehead atoms. The lowest BCUT2D eigenvalue weighted by Gasteiger charge is -2.26. The summed E-state index contributed by atoms with van der Waals surface area (Å²) in [5, 5.41) is 3.25. The van der Waals surface area contributed by atoms with Crippen LogP contribution in [-0.2, 0) is 0 Å². The second-order valence-corrected chi connectivity index (χ2v) is 4.56. The van der Waals surface area contributed by atoms with E-state index >= 15 is 0 Å². The highest BCUT2D eigenvalue weighted by Gasteiger charge is 2.09. The van der Waals surface area contributed by atoms with Gasteiger partial charge in [0, 0.05) is 19.6 Å². The third kappa shape index (κ3) is 6.48. The molecule has 4 N–H and O–H groups in total. The summed E-state index contributed by atoms with van der Waals surface area (Å²) in [7, 11) is 0. The molecule has 1 aliphatic heterocycles. The molecule has 0 radical (unpaired) electrons. The van der Waals surface area contributed by atoms with Crippen molar-refractivity contribution in [1.29, 1.82) is 0 Å². The van der Waals surface area contributed by atoms with E-state index in [2.05, 4.69) is 27.6 Å². The monoisotopic (exact) mass is 241 g/mol. The van der Waals surface area contributed by atoms with Gasteiger partial charge in [-0.05, 0) is 32.4 Å². The second-order valence-electron chi connectivity index (χ2n) is 4.56. The van der Waals surface area contributed by atoms with Gasteiger partial charge in [-0.15, -0.1) is 0 Å². The van der Waals surface area contributed by atoms with E-state index in [0.717, 1.165) is 38.4 Å². The van der Waals surface area contributed by atoms with Gasteiger partial charge in [-0.2, -0.15) is 0 Å². The van der Waals surface area contributed by atoms with Crippen molar-refractivity contribution < 1.29 is 0 Å². The van der Waals surface area contributed by atoms with Crippen molar-refractivity contribution in [3.05, 3.63) is 0 Å². The lowest BCUT2D eigenvalue weighted by molar-refractivity contribution is 0.232. The Hall–Kier alpha value is -0.810. The van der Waals surface area contributed by atoms with Gasteiger partial charge in [-0.25, -0.2) is 5.84 Å². The van der Waals surface area contributed by atoms with Crippen LogP contribution >= 0.6 is 0 Å². The van der Waals surface area contributed by atoms with Gasteiger partial charge in [0.05, 0.1) is 0 Å². The Labute approximate surface area is 105 Å². The summed E-state index contributed by atoms with van der Waals surface area (Å²) in [6, 6.07) is 0. The summed E-state index contributed by atoms with van der Waals surface area (Å²) >= 11 is 0. The van der Waals surface area contributed by atoms with Crippen molar-refractivity contribution in [3.63, 3.8) is 0 Å². The fourth-order valence-corrected chi connectivity index (χ4v) is 2.02. The molecule has 0 spiro atoms. The first-order valence-corrected chi connectivity index (χ1v) is 6.84. The molecule has 0 aromatic heterocycles. The van der Waals surface area contributed by atoms with E-state index in [9.17, 15) is 0 Å². The van der Waals surface area contributed by atoms with E-state index < -0.39 is 0 Å². The van der Waals surface area contributed by atoms with E-state index in [1.165, 1.54) is 32.4 Å². The Morgan fingerprint density at radius 1 is 1.29 bits per heavy atom. The summed E-state index contributed by atoms with van der Waals surface area (Å²) in [4.78, 5) is 6.86. The fourth-order valence-electron chi connectivity index (χ4n) is 2.02. The van der Waals surface area contributed by atoms with Crippen molar-refractivity contribution in [2.45, 2.75) is 39.0 Å². The summed E-state index contributed by atoms with van der Waals surface area (Å²) in [6.07, 6.45) is 6.34. The Morgan fingerprint density at radius 3 is 2.71 bits per heavy atom. The molecule has 5 nitrogen and oxygen atoms in total. The van der Waals surface area contributed by atoms with Crippen molar-refractivity contribution >= 4 is 5.96 Å². The van der Waals surface area contributed by atoms with E-state index in [-0.39, 0.29) is 0 Å². The molecule has 0 aliphatic carbocycles. The molecule has 0 unspecified atom stereocenters. The Morgan fingerprint density at radius 2 is 2.06 bits per heavy atom. The summed E-state index contributed by atoms with van der Waals surface area (Å²) in [6.45, 7) is 7.46. The highest BCUT2D eigenvalue weighted by molar-refractivity contribution is 5.79. The molecule has 1 fully saturated rings. The Kier molecular flexibility index (Phi) is 7.75. The van der Waals surface area contributed by atoms with E-state index in [0.29, 0.717) is 0 Å². The van der Waals surface area contributed by atoms with Crippen LogP contribution in [0.3, 0.4) is 0 Å². The predicted octanol–water partition coefficient (Wildman–Crippen LogP) is 0.681. The number of nitrogens with two attached hydrogens (primary N) is 1. The predicted molar refractivity (Wildman–Crippen MR) is 72.8 cm³/mol. The average molecular weight is 241 g/mol. The highest BCUT2D eigenvalue weighted by atomic mass is 15.3. The quantitative estimate of drug-likeness (QED) is 0.210. The third-order valence-corrected chi connectivity index (χ3v) is 3.09. The molecule has 1 aliphatic rings. The van der Waals surface area contributed by atoms with E-state index in [1.54, 1.807) is 0 Å². The van der Waals surface area contributed by atoms with Crippen LogP contribution in [0.1, 0.15) is 39.0 Å². The number of hydrogen-bond acceptors (Lipinski definition) is 3. The molecular formula is C12H27N5. The number of hydrogen-bond donors (Lipinski definition) is 3. The molecule has 0 aromatic rings. The highest BCUT2D eigenvalue weighted by Crippen LogP contribution is 2.07. The first-order valence-electron chi connectivity index (χ1n) is 6.84. The van der Waals surface area contributed by atoms with Gasteiger partial charge in [0.25, 0.3) is 0 Å². The number of guanidine groups is 1. The molecule has 1 rings (SSSR count). The second kappa shape index (κ2) is 9.24. The number of piperidine rings is 1. The van der Waals surface area contributed by atoms with Crippen molar-refractivity contribution in [3.8, 4) is 0 Å². The molecule has 1 heterocycles. The number of unbranched alkanes of at least 4 members (excludes halogenated alkanes) is 1. The fraction of sp³-hybridized carbons (Fsp3) is 0.917. The molecule has 17 heavy (non-hydrogen) atoms. The van der Waals surface area contributed by atoms with E-state index in [1.807, 2.05) is 0 Å². The number of aliphatic imine (C=N–C) groups is 1. The first kappa shape index (κ1) is 14.3. The third-order valence-electron chi connectivity index (χ3n) is 3.09. The molecule has 5 heteroatoms. The van der Waals surface area contributed by atoms with Gasteiger partial charge in [0.2, 0.25) is 5.96 Å². The zero-order valence-electron chi connectivity index (χ0n) is 11.0. The average Bonchev–Trinajstić information content (AvgIpc) is 2.38. The lowest BCUT2D eigenvalue weighted by Crippen LogP contribution is -2.45. The number of nitrogens with one attached hydrogen (secondary N) is 2. The molecule has 1 saturated heterocycles. The molecule has 0 amide bonds. The maximum absolute atomic E-state index is 5.42. The smallest absolute Gasteiger partial charge is 0.205 e. The van der Waals surface area contributed by atoms with Gasteiger partial charge >= 0.3 is 0 Å². The van der Waals surface area contributed by atoms with Gasteiger partial charge < -0.3 is 10.2 Å². The summed E-state index contributed by atoms with van der Waals surface area (Å²) < 4.78 is 0. The van der Waals surface area contributed by atoms with Gasteiger partial charge in [0.15, 0.2) is 0 Å². The molecule has 100 valence electrons. The van der Waals surface area contributed by atoms with Crippen molar-refractivity contribution in [2.75, 3.05) is 32.7 Å². The Balaban J connectivity index is 2.11. The minimum Gasteiger partial charge on any atom is -0.354 e. The van der Waals surface area contributed by atoms with Crippen LogP contribution in [0, 0.1) is 0 Å². The number of nitrogens with zero attached hydrogens (tertiary/aromatic N) is 2. The summed E-state index contributed by atoms with van der Waals surface area (Å²) in [5.41, 5.74) is 2.62. The maximum atomic E-state index is 5.42. The normalized spacial score (nSPS) is 18.1. The summed E-state index contributed by atoms with van der Waals surface area (Å²) in [5.74, 6) is 6.14. The molecular weight excluding hydrogens is 214 g/mol. The topological polar surface area (TPSA) is 65.7 Å². The molecule has 0 aromatic carbocycles. The first-order chi connectivity index (χ1) is 8.36. The van der Waals surface area contributed by atoms with Crippen LogP contribution in [-0.4, -0.2) is 43.6 Å². The zero-order valence-corrected chi connectivity index (χ0v) is 11.0. The van der Waals surface area contributed by atoms with Gasteiger partial charge in [-0.3, -0.25) is 10.4 Å². The van der Waals surface area contributed by atoms with Crippen molar-refractivity contribution in [1.82, 2.24) is 15.6 Å². The number of rotatable bonds is 6. The Bertz CT molecular complexity index is 211. The van der Waals surface area contributed by atoms with E-state index in [4.69, 9.17) is 5.84 Å². The van der Waals surface area contributed by atoms with Gasteiger partial charge in [0.1, 0.15) is 0 Å². The van der Waals surface area contributed by atoms with Crippen LogP contribution in [0.4, 0.5) is 0 Å². The van der Waals surface area contributed by atoms with Crippen LogP contribution in [0.25, 0.3) is 0 Å². The minimum absolute atomic E-state index is 0.718. The molecule has 0 atom stereocenters. The standard InChI is InChI=1S/C12H27N5/c1-2-3-7-14-12(16-13)15-8-11-17-9-5-4-6-10-17/h2-11,13H2,1H3,(H2,14,15,16). The zero-order chi connectivity index (χ0) is 12.3. The maximum Gasteiger partial charge on any atom is 0.205 e. The van der Waals surface area contributed by atoms with Crippen LogP contribution < -0.4 is 16.6 Å². The minimum atomic E-state index is 0.718. The van der Waals surface area contributed by atoms with Crippen molar-refractivity contribution in [2.24, 2.45) is 10.8 Å². The lowest BCUT2D eigenvalue weighted by atomic mass is 10.1. The van der Waals surface area contributed by atoms with Crippen LogP contribution in [0.15, 0.2) is 4.99 Å². The van der Waals surface area contributed by atoms with Crippen LogP contribution in [0.5, 0.6) is 0 Å². The van der Waals surface area contributed by atoms with Gasteiger partial charge in [-0.1, -0.05) is 19.8 Å².